The summed E-state index contributed by atoms with van der Waals surface area (Å²) in [6.07, 6.45) is -12.9. The first-order valence-electron chi connectivity index (χ1n) is 37.6. The van der Waals surface area contributed by atoms with Crippen molar-refractivity contribution in [3.8, 4) is 0 Å². The summed E-state index contributed by atoms with van der Waals surface area (Å²) in [5.41, 5.74) is 21.6. The molecule has 16 heterocycles. The molecule has 10 aromatic rings. The molecule has 10 aromatic heterocycles. The van der Waals surface area contributed by atoms with Gasteiger partial charge in [-0.3, -0.25) is 61.3 Å². The van der Waals surface area contributed by atoms with Crippen LogP contribution in [0.1, 0.15) is 100 Å². The minimum Gasteiger partial charge on any atom is -0.780 e. The van der Waals surface area contributed by atoms with E-state index in [1.54, 1.807) is 6.92 Å². The zero-order chi connectivity index (χ0) is 89.6. The Morgan fingerprint density at radius 2 is 0.714 bits per heavy atom. The first-order valence-corrected chi connectivity index (χ1v) is 53.0. The molecule has 6 saturated heterocycles. The Kier molecular flexibility index (Phi) is 27.2. The van der Waals surface area contributed by atoms with Crippen LogP contribution in [0.15, 0.2) is 80.7 Å². The van der Waals surface area contributed by atoms with Gasteiger partial charge >= 0.3 is 11.4 Å². The van der Waals surface area contributed by atoms with Crippen LogP contribution in [0.25, 0.3) is 44.7 Å². The van der Waals surface area contributed by atoms with Gasteiger partial charge < -0.3 is 143 Å². The third-order valence-corrected chi connectivity index (χ3v) is 29.5. The highest BCUT2D eigenvalue weighted by atomic mass is 32.7. The molecule has 0 saturated carbocycles. The number of nitrogens with one attached hydrogen (secondary N) is 3. The number of aryl methyl sites for hydroxylation is 2. The standard InChI is InChI=1S/C61H78N24O29P6S6/c1-4-27-28(5-39(103-27)80-11-25(2)56(86)78-60(80)89)110-116(93,122)99-15-36-31(8-41(106-36)82-21-72-45-49(62)66-18-69-52(45)82)113-119(96,125)101-17-38-33(10-43(108-38)84-23-74-47-51(64)68-20-71-54(47)84)114-120(97,126)102-16-37-32(9-42(107-37)83-22-73-46-50(63)67-19-70-53(46)83)112-118(95,124)100-14-35-30(7-40(104-35)81-12-26(3)57(87)79-61(81)90)111-117(94,123)98-13-34-29(109-115(91,92)121)6-44(105-34)85-24-75-48-55(85)76-59(65)77-58(48)88/h11-12,18-24,27-44H,4-10,13-17H2,1-3H3,(H,93,122)(H,94,123)(H,95,124)(H,96,125)(H,97,126)(H2,62,66,69)(H2,63,67,70)(H2,64,68,71)(H,78,86,89)(H,79,87,90)(H2,91,92,121)(H3,65,76,77,88)/p-6/t27-,28-,29-,30-,31-,32-,33-,34-,35-,36-,37-,38-,39-,40-,41-,42-,43-,44-,116?,117?,118?,119?,120?/m1/s1. The lowest BCUT2D eigenvalue weighted by atomic mass is 10.1. The number of ether oxygens (including phenoxy) is 6. The van der Waals surface area contributed by atoms with Crippen molar-refractivity contribution in [3.05, 3.63) is 120 Å². The summed E-state index contributed by atoms with van der Waals surface area (Å²) in [7, 11) is 0. The number of rotatable bonds is 34. The van der Waals surface area contributed by atoms with Crippen molar-refractivity contribution < 1.29 is 112 Å². The van der Waals surface area contributed by atoms with Crippen LogP contribution in [0.3, 0.4) is 0 Å². The molecule has 12 N–H and O–H groups in total. The third-order valence-electron chi connectivity index (χ3n) is 20.8. The summed E-state index contributed by atoms with van der Waals surface area (Å²) < 4.78 is 125. The molecule has 682 valence electrons. The number of fused-ring (bicyclic) bond motifs is 4. The molecule has 0 bridgehead atoms. The summed E-state index contributed by atoms with van der Waals surface area (Å²) in [6.45, 7) is -28.0. The summed E-state index contributed by atoms with van der Waals surface area (Å²) in [5, 5.41) is 0. The zero-order valence-electron chi connectivity index (χ0n) is 65.0. The van der Waals surface area contributed by atoms with E-state index in [1.807, 2.05) is 0 Å². The van der Waals surface area contributed by atoms with Crippen LogP contribution >= 0.6 is 40.4 Å². The van der Waals surface area contributed by atoms with Gasteiger partial charge in [0.15, 0.2) is 52.4 Å². The molecule has 53 nitrogen and oxygen atoms in total. The van der Waals surface area contributed by atoms with Gasteiger partial charge in [-0.2, -0.15) is 4.98 Å². The molecule has 6 unspecified atom stereocenters. The summed E-state index contributed by atoms with van der Waals surface area (Å²) in [4.78, 5) is 198. The lowest BCUT2D eigenvalue weighted by Crippen LogP contribution is -2.34. The maximum absolute atomic E-state index is 15.0. The second kappa shape index (κ2) is 36.9. The van der Waals surface area contributed by atoms with Crippen LogP contribution in [0.5, 0.6) is 0 Å². The number of nitrogens with two attached hydrogens (primary N) is 4. The predicted molar refractivity (Wildman–Crippen MR) is 443 cm³/mol. The van der Waals surface area contributed by atoms with Crippen LogP contribution in [-0.4, -0.2) is 208 Å². The maximum atomic E-state index is 15.0. The first kappa shape index (κ1) is 92.7. The van der Waals surface area contributed by atoms with Gasteiger partial charge in [0.2, 0.25) is 5.95 Å². The molecule has 6 aliphatic heterocycles. The number of nitrogens with zero attached hydrogens (tertiary/aromatic N) is 17. The molecule has 0 radical (unpaired) electrons. The lowest BCUT2D eigenvalue weighted by Gasteiger charge is -2.36. The molecular formula is C61H72N24O29P6S6-6. The van der Waals surface area contributed by atoms with E-state index >= 15 is 0 Å². The van der Waals surface area contributed by atoms with E-state index in [-0.39, 0.29) is 111 Å². The van der Waals surface area contributed by atoms with Gasteiger partial charge in [-0.05, 0) is 20.3 Å². The fourth-order valence-electron chi connectivity index (χ4n) is 15.0. The average Bonchev–Trinajstić information content (AvgIpc) is 1.64. The van der Waals surface area contributed by atoms with Gasteiger partial charge in [-0.25, -0.2) is 59.4 Å². The minimum absolute atomic E-state index is 0.00384. The van der Waals surface area contributed by atoms with E-state index in [9.17, 15) is 57.9 Å². The monoisotopic (exact) mass is 1980 g/mol. The second-order valence-electron chi connectivity index (χ2n) is 29.1. The van der Waals surface area contributed by atoms with Crippen molar-refractivity contribution in [3.63, 3.8) is 0 Å². The van der Waals surface area contributed by atoms with E-state index < -0.39 is 219 Å². The van der Waals surface area contributed by atoms with E-state index in [1.165, 1.54) is 87.0 Å². The topological polar surface area (TPSA) is 718 Å². The molecule has 24 atom stereocenters. The minimum atomic E-state index is -4.93. The number of H-pyrrole nitrogens is 3. The normalized spacial score (nSPS) is 29.4. The van der Waals surface area contributed by atoms with Crippen molar-refractivity contribution in [2.45, 2.75) is 176 Å². The molecule has 65 heteroatoms. The highest BCUT2D eigenvalue weighted by molar-refractivity contribution is 8.32. The molecule has 6 aliphatic rings. The van der Waals surface area contributed by atoms with Crippen LogP contribution in [0.2, 0.25) is 0 Å². The Morgan fingerprint density at radius 1 is 0.421 bits per heavy atom. The van der Waals surface area contributed by atoms with Crippen LogP contribution in [0.4, 0.5) is 23.4 Å². The largest absolute Gasteiger partial charge is 0.780 e. The van der Waals surface area contributed by atoms with E-state index in [4.69, 9.17) is 161 Å². The van der Waals surface area contributed by atoms with E-state index in [0.29, 0.717) is 6.42 Å². The molecule has 0 aliphatic carbocycles. The number of hydrogen-bond acceptors (Lipinski definition) is 49. The fourth-order valence-corrected chi connectivity index (χ4v) is 23.2. The molecule has 16 rings (SSSR count). The zero-order valence-corrected chi connectivity index (χ0v) is 75.3. The van der Waals surface area contributed by atoms with Crippen molar-refractivity contribution in [1.82, 2.24) is 97.2 Å². The molecule has 0 aromatic carbocycles. The SMILES string of the molecule is CC[C@H]1O[C@@H](n2cc(C)c(=O)[nH]c2=O)C[C@H]1OP(=O)([S-])OC[C@H]1O[C@@H](n2cnc3c(N)ncnc32)C[C@H]1OP([O-])(=S)OC[C@H]1O[C@@H](n2cnc3c(N)ncnc32)C[C@H]1OP([O-])(=S)OC[C@H]1O[C@@H](n2cnc3c(N)ncnc32)C[C@H]1OP([O-])(=S)OC[C@H]1O[C@@H](n2cc(C)c(=O)[nH]c2=O)C[C@H]1OP([O-])(=S)OC[C@H]1O[C@@H](n2cnc3c(=O)[nH]c(N)nc32)C[C@H]1OP([O-])(O)=S. The van der Waals surface area contributed by atoms with Crippen LogP contribution in [0, 0.1) is 13.8 Å². The van der Waals surface area contributed by atoms with Gasteiger partial charge in [-0.1, -0.05) is 66.0 Å². The quantitative estimate of drug-likeness (QED) is 0.0156. The Labute approximate surface area is 736 Å². The Morgan fingerprint density at radius 3 is 1.05 bits per heavy atom. The smallest absolute Gasteiger partial charge is 0.330 e. The number of anilines is 4. The molecule has 0 amide bonds. The predicted octanol–water partition coefficient (Wildman–Crippen LogP) is -2.21. The van der Waals surface area contributed by atoms with Crippen molar-refractivity contribution >= 4 is 180 Å². The van der Waals surface area contributed by atoms with Crippen LogP contribution in [-0.2, 0) is 154 Å². The summed E-state index contributed by atoms with van der Waals surface area (Å²) in [5.74, 6) is -0.268. The number of hydrogen-bond donors (Lipinski definition) is 8. The highest BCUT2D eigenvalue weighted by Gasteiger charge is 2.48. The number of aromatic nitrogens is 20. The number of nitrogen functional groups attached to an aromatic ring is 4. The van der Waals surface area contributed by atoms with Crippen molar-refractivity contribution in [1.29, 1.82) is 0 Å². The first-order chi connectivity index (χ1) is 59.6. The van der Waals surface area contributed by atoms with Gasteiger partial charge in [-0.15, -0.1) is 0 Å². The average molecular weight is 1980 g/mol. The molecule has 6 fully saturated rings. The number of imidazole rings is 4. The second-order valence-corrected chi connectivity index (χ2v) is 45.2. The Bertz CT molecular complexity index is 6450. The molecule has 126 heavy (non-hydrogen) atoms. The van der Waals surface area contributed by atoms with Gasteiger partial charge in [0.05, 0.1) is 101 Å². The fraction of sp³-hybridized carbons (Fsp3) is 0.541. The lowest BCUT2D eigenvalue weighted by molar-refractivity contribution is -0.220. The Balaban J connectivity index is 0.613. The van der Waals surface area contributed by atoms with Gasteiger partial charge in [0.1, 0.15) is 137 Å². The Hall–Kier alpha value is -6.53. The van der Waals surface area contributed by atoms with Gasteiger partial charge in [0, 0.05) is 62.0 Å². The third kappa shape index (κ3) is 20.7. The molecule has 0 spiro atoms. The van der Waals surface area contributed by atoms with Gasteiger partial charge in [0.25, 0.3) is 16.7 Å². The van der Waals surface area contributed by atoms with E-state index in [2.05, 4.69) is 81.6 Å². The highest BCUT2D eigenvalue weighted by Crippen LogP contribution is 2.56. The van der Waals surface area contributed by atoms with Crippen molar-refractivity contribution in [2.24, 2.45) is 0 Å². The number of aromatic amines is 3. The molecular weight excluding hydrogens is 1910 g/mol. The van der Waals surface area contributed by atoms with E-state index in [0.717, 1.165) is 10.9 Å². The summed E-state index contributed by atoms with van der Waals surface area (Å²) >= 11 is 32.2. The maximum Gasteiger partial charge on any atom is 0.330 e. The van der Waals surface area contributed by atoms with Crippen LogP contribution < -0.4 is 75.5 Å². The summed E-state index contributed by atoms with van der Waals surface area (Å²) in [6, 6.07) is 0. The van der Waals surface area contributed by atoms with Crippen molar-refractivity contribution in [2.75, 3.05) is 56.0 Å².